The van der Waals surface area contributed by atoms with Crippen LogP contribution in [-0.4, -0.2) is 14.5 Å². The van der Waals surface area contributed by atoms with E-state index in [0.717, 1.165) is 6.54 Å². The second-order valence-electron chi connectivity index (χ2n) is 5.10. The first-order valence-electron chi connectivity index (χ1n) is 6.53. The fourth-order valence-corrected chi connectivity index (χ4v) is 4.42. The van der Waals surface area contributed by atoms with Crippen LogP contribution in [0.25, 0.3) is 31.8 Å². The van der Waals surface area contributed by atoms with Crippen LogP contribution in [-0.2, 0) is 13.6 Å². The average Bonchev–Trinajstić information content (AvgIpc) is 3.09. The summed E-state index contributed by atoms with van der Waals surface area (Å²) in [5.74, 6) is 0. The average molecular weight is 279 g/mol. The molecule has 0 bridgehead atoms. The van der Waals surface area contributed by atoms with Gasteiger partial charge in [0.05, 0.1) is 22.7 Å². The Kier molecular flexibility index (Phi) is 1.80. The molecule has 0 aromatic carbocycles. The second-order valence-corrected chi connectivity index (χ2v) is 6.07. The maximum absolute atomic E-state index is 4.51. The van der Waals surface area contributed by atoms with E-state index < -0.39 is 0 Å². The molecule has 0 atom stereocenters. The Balaban J connectivity index is 1.97. The van der Waals surface area contributed by atoms with Crippen molar-refractivity contribution in [2.75, 3.05) is 0 Å². The van der Waals surface area contributed by atoms with Crippen molar-refractivity contribution >= 4 is 32.6 Å². The quantitative estimate of drug-likeness (QED) is 0.408. The maximum Gasteiger partial charge on any atom is 0.274 e. The van der Waals surface area contributed by atoms with E-state index in [-0.39, 0.29) is 0 Å². The molecule has 0 amide bonds. The minimum Gasteiger partial charge on any atom is -0.329 e. The van der Waals surface area contributed by atoms with Gasteiger partial charge in [-0.2, -0.15) is 4.57 Å². The predicted octanol–water partition coefficient (Wildman–Crippen LogP) is 2.50. The van der Waals surface area contributed by atoms with Crippen molar-refractivity contribution in [1.29, 1.82) is 0 Å². The Hall–Kier alpha value is -2.27. The van der Waals surface area contributed by atoms with Crippen LogP contribution < -0.4 is 4.57 Å². The van der Waals surface area contributed by atoms with Gasteiger partial charge in [0.15, 0.2) is 11.4 Å². The molecule has 4 nitrogen and oxygen atoms in total. The molecule has 96 valence electrons. The van der Waals surface area contributed by atoms with Gasteiger partial charge in [-0.05, 0) is 29.5 Å². The predicted molar refractivity (Wildman–Crippen MR) is 78.6 cm³/mol. The van der Waals surface area contributed by atoms with Gasteiger partial charge in [-0.3, -0.25) is 9.97 Å². The number of aryl methyl sites for hydroxylation is 1. The molecule has 0 spiro atoms. The third-order valence-corrected chi connectivity index (χ3v) is 5.35. The summed E-state index contributed by atoms with van der Waals surface area (Å²) in [6, 6.07) is 6.29. The standard InChI is InChI=1S/C15H11N4S/c1-18-12-7-16-6-4-10(12)13-15(18)20-14-9-3-2-5-17-11(9)8-19(13)14/h2-7H,8H2,1H3/q+1. The van der Waals surface area contributed by atoms with Gasteiger partial charge in [-0.15, -0.1) is 0 Å². The van der Waals surface area contributed by atoms with Crippen LogP contribution in [0.15, 0.2) is 36.8 Å². The number of pyridine rings is 2. The Morgan fingerprint density at radius 2 is 2.25 bits per heavy atom. The van der Waals surface area contributed by atoms with Crippen molar-refractivity contribution in [2.45, 2.75) is 6.54 Å². The van der Waals surface area contributed by atoms with Crippen molar-refractivity contribution in [1.82, 2.24) is 14.5 Å². The molecule has 0 fully saturated rings. The van der Waals surface area contributed by atoms with E-state index in [4.69, 9.17) is 0 Å². The van der Waals surface area contributed by atoms with Crippen LogP contribution in [0.2, 0.25) is 0 Å². The minimum atomic E-state index is 0.868. The molecule has 0 saturated carbocycles. The Bertz CT molecular complexity index is 996. The highest BCUT2D eigenvalue weighted by Crippen LogP contribution is 2.38. The topological polar surface area (TPSA) is 34.6 Å². The normalized spacial score (nSPS) is 13.1. The molecular weight excluding hydrogens is 268 g/mol. The number of aromatic nitrogens is 4. The van der Waals surface area contributed by atoms with Crippen LogP contribution in [0.5, 0.6) is 0 Å². The van der Waals surface area contributed by atoms with Gasteiger partial charge in [0.2, 0.25) is 0 Å². The Labute approximate surface area is 119 Å². The van der Waals surface area contributed by atoms with Crippen molar-refractivity contribution in [3.05, 3.63) is 42.5 Å². The summed E-state index contributed by atoms with van der Waals surface area (Å²) in [4.78, 5) is 10.1. The number of thiazole rings is 1. The molecule has 20 heavy (non-hydrogen) atoms. The van der Waals surface area contributed by atoms with Crippen molar-refractivity contribution in [3.63, 3.8) is 0 Å². The van der Waals surface area contributed by atoms with E-state index >= 15 is 0 Å². The lowest BCUT2D eigenvalue weighted by atomic mass is 10.2. The molecule has 0 aliphatic carbocycles. The third-order valence-electron chi connectivity index (χ3n) is 4.06. The van der Waals surface area contributed by atoms with Crippen LogP contribution in [0.4, 0.5) is 0 Å². The van der Waals surface area contributed by atoms with Gasteiger partial charge in [0.1, 0.15) is 5.69 Å². The van der Waals surface area contributed by atoms with Gasteiger partial charge in [0, 0.05) is 19.4 Å². The van der Waals surface area contributed by atoms with Gasteiger partial charge in [-0.1, -0.05) is 0 Å². The lowest BCUT2D eigenvalue weighted by Crippen LogP contribution is -2.30. The molecule has 5 rings (SSSR count). The van der Waals surface area contributed by atoms with E-state index in [1.165, 1.54) is 37.5 Å². The van der Waals surface area contributed by atoms with Crippen molar-refractivity contribution in [3.8, 4) is 10.6 Å². The first-order chi connectivity index (χ1) is 9.84. The van der Waals surface area contributed by atoms with Gasteiger partial charge in [0.25, 0.3) is 10.5 Å². The molecule has 4 aromatic heterocycles. The minimum absolute atomic E-state index is 0.868. The zero-order chi connectivity index (χ0) is 13.3. The highest BCUT2D eigenvalue weighted by atomic mass is 32.1. The largest absolute Gasteiger partial charge is 0.329 e. The first-order valence-corrected chi connectivity index (χ1v) is 7.35. The first kappa shape index (κ1) is 10.5. The molecule has 0 saturated heterocycles. The SMILES string of the molecule is Cn1c2cnccc2c2c1sc1[n+]2Cc2ncccc2-1. The molecule has 5 heteroatoms. The number of hydrogen-bond acceptors (Lipinski definition) is 3. The van der Waals surface area contributed by atoms with Crippen LogP contribution >= 0.6 is 11.3 Å². The zero-order valence-electron chi connectivity index (χ0n) is 10.9. The van der Waals surface area contributed by atoms with Crippen LogP contribution in [0, 0.1) is 0 Å². The molecule has 0 radical (unpaired) electrons. The third kappa shape index (κ3) is 1.10. The zero-order valence-corrected chi connectivity index (χ0v) is 11.7. The highest BCUT2D eigenvalue weighted by Gasteiger charge is 2.35. The molecule has 1 aliphatic rings. The Morgan fingerprint density at radius 1 is 1.30 bits per heavy atom. The van der Waals surface area contributed by atoms with E-state index in [0.29, 0.717) is 0 Å². The van der Waals surface area contributed by atoms with E-state index in [2.05, 4.69) is 38.3 Å². The van der Waals surface area contributed by atoms with Gasteiger partial charge >= 0.3 is 0 Å². The fraction of sp³-hybridized carbons (Fsp3) is 0.133. The van der Waals surface area contributed by atoms with Crippen LogP contribution in [0.1, 0.15) is 5.69 Å². The molecule has 4 aromatic rings. The molecule has 0 N–H and O–H groups in total. The maximum atomic E-state index is 4.51. The Morgan fingerprint density at radius 3 is 3.20 bits per heavy atom. The summed E-state index contributed by atoms with van der Waals surface area (Å²) in [5, 5.41) is 2.58. The fourth-order valence-electron chi connectivity index (χ4n) is 3.12. The smallest absolute Gasteiger partial charge is 0.274 e. The second kappa shape index (κ2) is 3.43. The lowest BCUT2D eigenvalue weighted by molar-refractivity contribution is -0.641. The monoisotopic (exact) mass is 279 g/mol. The summed E-state index contributed by atoms with van der Waals surface area (Å²) < 4.78 is 4.63. The highest BCUT2D eigenvalue weighted by molar-refractivity contribution is 7.21. The number of hydrogen-bond donors (Lipinski definition) is 0. The molecule has 5 heterocycles. The van der Waals surface area contributed by atoms with Gasteiger partial charge < -0.3 is 4.57 Å². The summed E-state index contributed by atoms with van der Waals surface area (Å²) in [6.07, 6.45) is 5.68. The van der Waals surface area contributed by atoms with E-state index in [1.807, 2.05) is 36.0 Å². The summed E-state index contributed by atoms with van der Waals surface area (Å²) >= 11 is 1.84. The summed E-state index contributed by atoms with van der Waals surface area (Å²) in [7, 11) is 2.11. The molecule has 1 aliphatic heterocycles. The summed E-state index contributed by atoms with van der Waals surface area (Å²) in [6.45, 7) is 0.868. The summed E-state index contributed by atoms with van der Waals surface area (Å²) in [5.41, 5.74) is 4.94. The number of fused-ring (bicyclic) bond motifs is 7. The van der Waals surface area contributed by atoms with E-state index in [9.17, 15) is 0 Å². The van der Waals surface area contributed by atoms with E-state index in [1.54, 1.807) is 0 Å². The lowest BCUT2D eigenvalue weighted by Gasteiger charge is -1.93. The number of rotatable bonds is 0. The number of nitrogens with zero attached hydrogens (tertiary/aromatic N) is 4. The van der Waals surface area contributed by atoms with Crippen LogP contribution in [0.3, 0.4) is 0 Å². The van der Waals surface area contributed by atoms with Crippen molar-refractivity contribution in [2.24, 2.45) is 7.05 Å². The molecule has 0 unspecified atom stereocenters. The van der Waals surface area contributed by atoms with Gasteiger partial charge in [-0.25, -0.2) is 0 Å². The van der Waals surface area contributed by atoms with Crippen molar-refractivity contribution < 1.29 is 4.57 Å². The molecular formula is C15H11N4S+.